The van der Waals surface area contributed by atoms with E-state index in [1.807, 2.05) is 6.07 Å². The summed E-state index contributed by atoms with van der Waals surface area (Å²) in [5.41, 5.74) is 0. The zero-order valence-corrected chi connectivity index (χ0v) is 9.21. The van der Waals surface area contributed by atoms with Crippen LogP contribution in [0.3, 0.4) is 0 Å². The van der Waals surface area contributed by atoms with Gasteiger partial charge in [-0.2, -0.15) is 0 Å². The summed E-state index contributed by atoms with van der Waals surface area (Å²) < 4.78 is 33.4. The smallest absolute Gasteiger partial charge is 0.200 e. The molecule has 0 heterocycles. The molecule has 0 N–H and O–H groups in total. The van der Waals surface area contributed by atoms with Crippen molar-refractivity contribution >= 4 is 11.1 Å². The Hall–Kier alpha value is -0.780. The molecule has 1 rings (SSSR count). The van der Waals surface area contributed by atoms with Crippen molar-refractivity contribution in [2.45, 2.75) is 17.7 Å². The van der Waals surface area contributed by atoms with Crippen LogP contribution in [0, 0.1) is 0 Å². The fraction of sp³-hybridized carbons (Fsp3) is 0.400. The van der Waals surface area contributed by atoms with Gasteiger partial charge in [-0.05, 0) is 12.1 Å². The number of rotatable bonds is 6. The largest absolute Gasteiger partial charge is 0.351 e. The maximum Gasteiger partial charge on any atom is 0.200 e. The van der Waals surface area contributed by atoms with E-state index in [1.54, 1.807) is 24.3 Å². The number of alkyl halides is 1. The number of halogens is 1. The van der Waals surface area contributed by atoms with Gasteiger partial charge >= 0.3 is 0 Å². The molecular formula is C10H13FO3S. The first-order chi connectivity index (χ1) is 7.24. The molecule has 0 aromatic heterocycles. The average Bonchev–Trinajstić information content (AvgIpc) is 2.29. The minimum Gasteiger partial charge on any atom is -0.351 e. The Morgan fingerprint density at radius 3 is 2.67 bits per heavy atom. The molecular weight excluding hydrogens is 219 g/mol. The van der Waals surface area contributed by atoms with E-state index in [0.717, 1.165) is 0 Å². The molecule has 2 unspecified atom stereocenters. The molecule has 0 spiro atoms. The van der Waals surface area contributed by atoms with E-state index in [2.05, 4.69) is 4.74 Å². The van der Waals surface area contributed by atoms with Gasteiger partial charge in [0.2, 0.25) is 6.36 Å². The summed E-state index contributed by atoms with van der Waals surface area (Å²) in [6, 6.07) is 8.75. The number of hydrogen-bond acceptors (Lipinski definition) is 3. The van der Waals surface area contributed by atoms with Crippen LogP contribution in [0.5, 0.6) is 0 Å². The van der Waals surface area contributed by atoms with Crippen molar-refractivity contribution in [3.63, 3.8) is 0 Å². The monoisotopic (exact) mass is 232 g/mol. The molecule has 0 fully saturated rings. The Labute approximate surface area is 90.9 Å². The van der Waals surface area contributed by atoms with Gasteiger partial charge in [0.1, 0.15) is 0 Å². The van der Waals surface area contributed by atoms with E-state index in [1.165, 1.54) is 7.11 Å². The maximum absolute atomic E-state index is 12.6. The predicted octanol–water partition coefficient (Wildman–Crippen LogP) is 2.06. The molecule has 0 aliphatic carbocycles. The molecule has 0 saturated heterocycles. The third-order valence-electron chi connectivity index (χ3n) is 1.73. The minimum absolute atomic E-state index is 0.0660. The standard InChI is InChI=1S/C10H13FO3S/c1-13-10(11)7-8-14-15(12)9-5-3-2-4-6-9/h2-6,10H,7-8H2,1H3. The fourth-order valence-corrected chi connectivity index (χ4v) is 1.70. The molecule has 15 heavy (non-hydrogen) atoms. The second-order valence-corrected chi connectivity index (χ2v) is 3.98. The van der Waals surface area contributed by atoms with Crippen LogP contribution in [0.25, 0.3) is 0 Å². The van der Waals surface area contributed by atoms with Crippen LogP contribution < -0.4 is 0 Å². The first-order valence-electron chi connectivity index (χ1n) is 4.51. The van der Waals surface area contributed by atoms with Gasteiger partial charge in [-0.25, -0.2) is 8.60 Å². The van der Waals surface area contributed by atoms with E-state index in [-0.39, 0.29) is 13.0 Å². The van der Waals surface area contributed by atoms with E-state index in [4.69, 9.17) is 4.18 Å². The van der Waals surface area contributed by atoms with Gasteiger partial charge in [0.25, 0.3) is 0 Å². The summed E-state index contributed by atoms with van der Waals surface area (Å²) in [5.74, 6) is 0. The molecule has 0 radical (unpaired) electrons. The van der Waals surface area contributed by atoms with Crippen molar-refractivity contribution in [2.24, 2.45) is 0 Å². The summed E-state index contributed by atoms with van der Waals surface area (Å²) >= 11 is -1.52. The van der Waals surface area contributed by atoms with Crippen molar-refractivity contribution in [3.05, 3.63) is 30.3 Å². The summed E-state index contributed by atoms with van der Waals surface area (Å²) in [6.45, 7) is 0.0660. The molecule has 5 heteroatoms. The second kappa shape index (κ2) is 6.66. The second-order valence-electron chi connectivity index (χ2n) is 2.80. The zero-order valence-electron chi connectivity index (χ0n) is 8.39. The Kier molecular flexibility index (Phi) is 5.45. The van der Waals surface area contributed by atoms with Gasteiger partial charge in [-0.3, -0.25) is 4.18 Å². The number of benzene rings is 1. The molecule has 84 valence electrons. The highest BCUT2D eigenvalue weighted by Gasteiger charge is 2.07. The Morgan fingerprint density at radius 2 is 2.07 bits per heavy atom. The molecule has 3 nitrogen and oxygen atoms in total. The van der Waals surface area contributed by atoms with Crippen LogP contribution in [0.1, 0.15) is 6.42 Å². The first-order valence-corrected chi connectivity index (χ1v) is 5.58. The minimum atomic E-state index is -1.52. The van der Waals surface area contributed by atoms with E-state index >= 15 is 0 Å². The summed E-state index contributed by atoms with van der Waals surface area (Å²) in [6.07, 6.45) is -1.28. The van der Waals surface area contributed by atoms with Gasteiger partial charge in [0.15, 0.2) is 11.1 Å². The van der Waals surface area contributed by atoms with Crippen LogP contribution in [-0.4, -0.2) is 24.3 Å². The van der Waals surface area contributed by atoms with Gasteiger partial charge in [0, 0.05) is 13.5 Å². The lowest BCUT2D eigenvalue weighted by molar-refractivity contribution is -0.0176. The zero-order chi connectivity index (χ0) is 11.1. The lowest BCUT2D eigenvalue weighted by Crippen LogP contribution is -2.08. The third-order valence-corrected chi connectivity index (χ3v) is 2.76. The highest BCUT2D eigenvalue weighted by molar-refractivity contribution is 7.80. The average molecular weight is 232 g/mol. The topological polar surface area (TPSA) is 35.5 Å². The van der Waals surface area contributed by atoms with Gasteiger partial charge in [-0.15, -0.1) is 0 Å². The lowest BCUT2D eigenvalue weighted by Gasteiger charge is -2.06. The van der Waals surface area contributed by atoms with Crippen LogP contribution in [0.2, 0.25) is 0 Å². The number of methoxy groups -OCH3 is 1. The van der Waals surface area contributed by atoms with Gasteiger partial charge in [-0.1, -0.05) is 18.2 Å². The highest BCUT2D eigenvalue weighted by Crippen LogP contribution is 2.08. The van der Waals surface area contributed by atoms with Crippen LogP contribution in [-0.2, 0) is 20.0 Å². The van der Waals surface area contributed by atoms with Crippen molar-refractivity contribution < 1.29 is 17.5 Å². The van der Waals surface area contributed by atoms with Gasteiger partial charge in [0.05, 0.1) is 11.5 Å². The molecule has 0 aliphatic heterocycles. The van der Waals surface area contributed by atoms with Gasteiger partial charge < -0.3 is 4.74 Å². The van der Waals surface area contributed by atoms with Crippen molar-refractivity contribution in [1.82, 2.24) is 0 Å². The molecule has 1 aromatic carbocycles. The predicted molar refractivity (Wildman–Crippen MR) is 55.3 cm³/mol. The Bertz CT molecular complexity index is 305. The van der Waals surface area contributed by atoms with Crippen LogP contribution in [0.4, 0.5) is 4.39 Å². The first kappa shape index (κ1) is 12.3. The molecule has 1 aromatic rings. The third kappa shape index (κ3) is 4.51. The van der Waals surface area contributed by atoms with E-state index in [9.17, 15) is 8.60 Å². The molecule has 0 aliphatic rings. The summed E-state index contributed by atoms with van der Waals surface area (Å²) in [5, 5.41) is 0. The number of ether oxygens (including phenoxy) is 1. The van der Waals surface area contributed by atoms with Crippen molar-refractivity contribution in [3.8, 4) is 0 Å². The quantitative estimate of drug-likeness (QED) is 0.753. The fourth-order valence-electron chi connectivity index (χ4n) is 0.934. The Balaban J connectivity index is 2.31. The van der Waals surface area contributed by atoms with Crippen molar-refractivity contribution in [1.29, 1.82) is 0 Å². The molecule has 0 saturated carbocycles. The highest BCUT2D eigenvalue weighted by atomic mass is 32.2. The molecule has 0 bridgehead atoms. The SMILES string of the molecule is COC(F)CCOS(=O)c1ccccc1. The molecule has 0 amide bonds. The molecule has 2 atom stereocenters. The van der Waals surface area contributed by atoms with Crippen molar-refractivity contribution in [2.75, 3.05) is 13.7 Å². The normalized spacial score (nSPS) is 14.8. The Morgan fingerprint density at radius 1 is 1.40 bits per heavy atom. The van der Waals surface area contributed by atoms with E-state index in [0.29, 0.717) is 4.90 Å². The summed E-state index contributed by atoms with van der Waals surface area (Å²) in [4.78, 5) is 0.574. The van der Waals surface area contributed by atoms with E-state index < -0.39 is 17.4 Å². The maximum atomic E-state index is 12.6. The lowest BCUT2D eigenvalue weighted by atomic mass is 10.4. The summed E-state index contributed by atoms with van der Waals surface area (Å²) in [7, 11) is 1.28. The van der Waals surface area contributed by atoms with Crippen LogP contribution >= 0.6 is 0 Å². The number of hydrogen-bond donors (Lipinski definition) is 0. The van der Waals surface area contributed by atoms with Crippen LogP contribution in [0.15, 0.2) is 35.2 Å².